The number of carboxylic acids is 1. The van der Waals surface area contributed by atoms with Crippen LogP contribution in [0.2, 0.25) is 0 Å². The molecule has 2 aliphatic rings. The van der Waals surface area contributed by atoms with Crippen LogP contribution in [-0.2, 0) is 9.59 Å². The van der Waals surface area contributed by atoms with Gasteiger partial charge < -0.3 is 15.3 Å². The van der Waals surface area contributed by atoms with E-state index in [1.807, 2.05) is 13.8 Å². The standard InChI is InChI=1S/C14H25N3O3/c1-14(2,16-9-6-15-7-10-16)13(20)17(11-3-4-11)8-5-12(18)19/h11,15H,3-10H2,1-2H3,(H,18,19). The highest BCUT2D eigenvalue weighted by molar-refractivity contribution is 5.86. The Hall–Kier alpha value is -1.14. The molecule has 0 bridgehead atoms. The molecule has 1 aliphatic heterocycles. The van der Waals surface area contributed by atoms with Gasteiger partial charge in [-0.1, -0.05) is 0 Å². The third-order valence-corrected chi connectivity index (χ3v) is 4.25. The van der Waals surface area contributed by atoms with Gasteiger partial charge in [-0.05, 0) is 26.7 Å². The zero-order valence-electron chi connectivity index (χ0n) is 12.4. The minimum Gasteiger partial charge on any atom is -0.481 e. The van der Waals surface area contributed by atoms with Gasteiger partial charge in [0.2, 0.25) is 5.91 Å². The zero-order valence-corrected chi connectivity index (χ0v) is 12.4. The first-order chi connectivity index (χ1) is 9.43. The fourth-order valence-corrected chi connectivity index (χ4v) is 2.76. The van der Waals surface area contributed by atoms with Crippen molar-refractivity contribution >= 4 is 11.9 Å². The quantitative estimate of drug-likeness (QED) is 0.725. The maximum absolute atomic E-state index is 12.8. The van der Waals surface area contributed by atoms with Gasteiger partial charge in [0.25, 0.3) is 0 Å². The van der Waals surface area contributed by atoms with E-state index in [0.717, 1.165) is 39.0 Å². The highest BCUT2D eigenvalue weighted by Gasteiger charge is 2.42. The second kappa shape index (κ2) is 6.10. The summed E-state index contributed by atoms with van der Waals surface area (Å²) in [5.74, 6) is -0.772. The number of piperazine rings is 1. The topological polar surface area (TPSA) is 72.9 Å². The van der Waals surface area contributed by atoms with Gasteiger partial charge in [-0.2, -0.15) is 0 Å². The molecule has 0 aromatic carbocycles. The average Bonchev–Trinajstić information content (AvgIpc) is 3.24. The predicted molar refractivity (Wildman–Crippen MR) is 75.5 cm³/mol. The van der Waals surface area contributed by atoms with E-state index in [2.05, 4.69) is 10.2 Å². The lowest BCUT2D eigenvalue weighted by molar-refractivity contribution is -0.145. The van der Waals surface area contributed by atoms with Crippen LogP contribution in [0.4, 0.5) is 0 Å². The van der Waals surface area contributed by atoms with Crippen LogP contribution in [0.1, 0.15) is 33.1 Å². The number of carbonyl (C=O) groups excluding carboxylic acids is 1. The minimum absolute atomic E-state index is 0.0277. The molecule has 1 saturated carbocycles. The van der Waals surface area contributed by atoms with E-state index < -0.39 is 11.5 Å². The third-order valence-electron chi connectivity index (χ3n) is 4.25. The van der Waals surface area contributed by atoms with Gasteiger partial charge >= 0.3 is 5.97 Å². The summed E-state index contributed by atoms with van der Waals surface area (Å²) < 4.78 is 0. The zero-order chi connectivity index (χ0) is 14.8. The second-order valence-electron chi connectivity index (χ2n) is 6.17. The Morgan fingerprint density at radius 2 is 1.90 bits per heavy atom. The molecule has 6 nitrogen and oxygen atoms in total. The molecule has 0 radical (unpaired) electrons. The maximum atomic E-state index is 12.8. The van der Waals surface area contributed by atoms with Crippen LogP contribution in [0.15, 0.2) is 0 Å². The largest absolute Gasteiger partial charge is 0.481 e. The van der Waals surface area contributed by atoms with Crippen LogP contribution in [0.5, 0.6) is 0 Å². The molecule has 0 spiro atoms. The Kier molecular flexibility index (Phi) is 4.65. The van der Waals surface area contributed by atoms with Crippen molar-refractivity contribution in [3.05, 3.63) is 0 Å². The van der Waals surface area contributed by atoms with Crippen molar-refractivity contribution < 1.29 is 14.7 Å². The van der Waals surface area contributed by atoms with E-state index in [-0.39, 0.29) is 18.4 Å². The first kappa shape index (κ1) is 15.3. The molecule has 0 aromatic rings. The smallest absolute Gasteiger partial charge is 0.305 e. The van der Waals surface area contributed by atoms with Gasteiger partial charge in [-0.25, -0.2) is 0 Å². The maximum Gasteiger partial charge on any atom is 0.305 e. The Morgan fingerprint density at radius 3 is 2.40 bits per heavy atom. The summed E-state index contributed by atoms with van der Waals surface area (Å²) in [5, 5.41) is 12.1. The van der Waals surface area contributed by atoms with Gasteiger partial charge in [0.1, 0.15) is 0 Å². The van der Waals surface area contributed by atoms with Crippen molar-refractivity contribution in [3.63, 3.8) is 0 Å². The van der Waals surface area contributed by atoms with Gasteiger partial charge in [0, 0.05) is 38.8 Å². The lowest BCUT2D eigenvalue weighted by Crippen LogP contribution is -2.61. The number of amides is 1. The number of hydrogen-bond donors (Lipinski definition) is 2. The molecular weight excluding hydrogens is 258 g/mol. The number of aliphatic carboxylic acids is 1. The fourth-order valence-electron chi connectivity index (χ4n) is 2.76. The molecule has 114 valence electrons. The fraction of sp³-hybridized carbons (Fsp3) is 0.857. The molecular formula is C14H25N3O3. The van der Waals surface area contributed by atoms with E-state index >= 15 is 0 Å². The van der Waals surface area contributed by atoms with E-state index in [1.165, 1.54) is 0 Å². The van der Waals surface area contributed by atoms with Crippen molar-refractivity contribution in [1.29, 1.82) is 0 Å². The van der Waals surface area contributed by atoms with E-state index in [1.54, 1.807) is 4.90 Å². The van der Waals surface area contributed by atoms with Crippen LogP contribution in [0.3, 0.4) is 0 Å². The van der Waals surface area contributed by atoms with E-state index in [4.69, 9.17) is 5.11 Å². The van der Waals surface area contributed by atoms with Crippen molar-refractivity contribution in [2.24, 2.45) is 0 Å². The third kappa shape index (κ3) is 3.49. The van der Waals surface area contributed by atoms with Gasteiger partial charge in [0.05, 0.1) is 12.0 Å². The molecule has 1 amide bonds. The molecule has 1 saturated heterocycles. The van der Waals surface area contributed by atoms with Crippen LogP contribution < -0.4 is 5.32 Å². The van der Waals surface area contributed by atoms with Crippen LogP contribution in [-0.4, -0.2) is 71.1 Å². The minimum atomic E-state index is -0.844. The second-order valence-corrected chi connectivity index (χ2v) is 6.17. The molecule has 2 fully saturated rings. The van der Waals surface area contributed by atoms with Crippen LogP contribution in [0.25, 0.3) is 0 Å². The van der Waals surface area contributed by atoms with Gasteiger partial charge in [-0.3, -0.25) is 14.5 Å². The number of carboxylic acid groups (broad SMARTS) is 1. The molecule has 0 aromatic heterocycles. The molecule has 20 heavy (non-hydrogen) atoms. The first-order valence-electron chi connectivity index (χ1n) is 7.41. The monoisotopic (exact) mass is 283 g/mol. The molecule has 0 atom stereocenters. The normalized spacial score (nSPS) is 20.7. The Bertz CT molecular complexity index is 374. The van der Waals surface area contributed by atoms with E-state index in [0.29, 0.717) is 6.54 Å². The highest BCUT2D eigenvalue weighted by atomic mass is 16.4. The summed E-state index contributed by atoms with van der Waals surface area (Å²) in [7, 11) is 0. The molecule has 2 N–H and O–H groups in total. The number of rotatable bonds is 6. The summed E-state index contributed by atoms with van der Waals surface area (Å²) in [6, 6.07) is 0.254. The Balaban J connectivity index is 2.02. The molecule has 6 heteroatoms. The Morgan fingerprint density at radius 1 is 1.30 bits per heavy atom. The van der Waals surface area contributed by atoms with Crippen molar-refractivity contribution in [1.82, 2.24) is 15.1 Å². The summed E-state index contributed by atoms with van der Waals surface area (Å²) in [5.41, 5.74) is -0.552. The molecule has 1 heterocycles. The van der Waals surface area contributed by atoms with Crippen molar-refractivity contribution in [2.45, 2.75) is 44.7 Å². The summed E-state index contributed by atoms with van der Waals surface area (Å²) >= 11 is 0. The lowest BCUT2D eigenvalue weighted by atomic mass is 9.99. The lowest BCUT2D eigenvalue weighted by Gasteiger charge is -2.42. The number of nitrogens with zero attached hydrogens (tertiary/aromatic N) is 2. The van der Waals surface area contributed by atoms with Crippen molar-refractivity contribution in [2.75, 3.05) is 32.7 Å². The van der Waals surface area contributed by atoms with Gasteiger partial charge in [0.15, 0.2) is 0 Å². The average molecular weight is 283 g/mol. The van der Waals surface area contributed by atoms with Gasteiger partial charge in [-0.15, -0.1) is 0 Å². The SMILES string of the molecule is CC(C)(C(=O)N(CCC(=O)O)C1CC1)N1CCNCC1. The molecule has 2 rings (SSSR count). The van der Waals surface area contributed by atoms with Crippen LogP contribution >= 0.6 is 0 Å². The number of nitrogens with one attached hydrogen (secondary N) is 1. The summed E-state index contributed by atoms with van der Waals surface area (Å²) in [4.78, 5) is 27.6. The number of carbonyl (C=O) groups is 2. The van der Waals surface area contributed by atoms with Crippen molar-refractivity contribution in [3.8, 4) is 0 Å². The van der Waals surface area contributed by atoms with Crippen LogP contribution in [0, 0.1) is 0 Å². The first-order valence-corrected chi connectivity index (χ1v) is 7.41. The highest BCUT2D eigenvalue weighted by Crippen LogP contribution is 2.30. The molecule has 0 unspecified atom stereocenters. The summed E-state index contributed by atoms with van der Waals surface area (Å²) in [6.45, 7) is 7.75. The predicted octanol–water partition coefficient (Wildman–Crippen LogP) is 0.136. The number of hydrogen-bond acceptors (Lipinski definition) is 4. The Labute approximate surface area is 120 Å². The molecule has 1 aliphatic carbocycles. The summed E-state index contributed by atoms with van der Waals surface area (Å²) in [6.07, 6.45) is 2.03. The van der Waals surface area contributed by atoms with E-state index in [9.17, 15) is 9.59 Å².